The van der Waals surface area contributed by atoms with Gasteiger partial charge in [0.25, 0.3) is 0 Å². The van der Waals surface area contributed by atoms with E-state index in [-0.39, 0.29) is 5.75 Å². The van der Waals surface area contributed by atoms with Crippen molar-refractivity contribution in [3.05, 3.63) is 27.7 Å². The summed E-state index contributed by atoms with van der Waals surface area (Å²) < 4.78 is 1.97. The fraction of sp³-hybridized carbons (Fsp3) is 0.417. The minimum absolute atomic E-state index is 0.00318. The molecule has 0 saturated heterocycles. The van der Waals surface area contributed by atoms with Crippen LogP contribution in [0.25, 0.3) is 0 Å². The van der Waals surface area contributed by atoms with Gasteiger partial charge in [-0.1, -0.05) is 18.7 Å². The van der Waals surface area contributed by atoms with Crippen LogP contribution in [0.5, 0.6) is 0 Å². The van der Waals surface area contributed by atoms with Gasteiger partial charge in [0.05, 0.1) is 12.3 Å². The molecule has 0 amide bonds. The zero-order chi connectivity index (χ0) is 13.8. The zero-order valence-corrected chi connectivity index (χ0v) is 12.4. The molecule has 2 heterocycles. The number of aryl methyl sites for hydroxylation is 2. The average Bonchev–Trinajstić information content (AvgIpc) is 2.96. The van der Waals surface area contributed by atoms with E-state index in [0.29, 0.717) is 11.7 Å². The maximum absolute atomic E-state index is 10.6. The highest BCUT2D eigenvalue weighted by Crippen LogP contribution is 2.23. The second kappa shape index (κ2) is 6.21. The molecule has 19 heavy (non-hydrogen) atoms. The zero-order valence-electron chi connectivity index (χ0n) is 10.8. The Morgan fingerprint density at radius 1 is 1.53 bits per heavy atom. The van der Waals surface area contributed by atoms with Crippen molar-refractivity contribution in [3.63, 3.8) is 0 Å². The molecular formula is C12H15N3O2S2. The summed E-state index contributed by atoms with van der Waals surface area (Å²) in [6.45, 7) is 4.73. The first-order chi connectivity index (χ1) is 9.11. The van der Waals surface area contributed by atoms with Crippen molar-refractivity contribution in [1.29, 1.82) is 0 Å². The maximum Gasteiger partial charge on any atom is 0.313 e. The Morgan fingerprint density at radius 3 is 3.00 bits per heavy atom. The van der Waals surface area contributed by atoms with Gasteiger partial charge >= 0.3 is 5.97 Å². The van der Waals surface area contributed by atoms with Crippen molar-refractivity contribution >= 4 is 29.1 Å². The Morgan fingerprint density at radius 2 is 2.32 bits per heavy atom. The van der Waals surface area contributed by atoms with Gasteiger partial charge < -0.3 is 9.67 Å². The Hall–Kier alpha value is -1.34. The van der Waals surface area contributed by atoms with Crippen LogP contribution >= 0.6 is 23.1 Å². The summed E-state index contributed by atoms with van der Waals surface area (Å²) in [4.78, 5) is 11.9. The molecule has 0 unspecified atom stereocenters. The van der Waals surface area contributed by atoms with Gasteiger partial charge in [0.15, 0.2) is 5.16 Å². The smallest absolute Gasteiger partial charge is 0.313 e. The standard InChI is InChI=1S/C12H15N3O2S2/c1-3-9-4-5-18-10(9)6-15-8(2)13-14-12(15)19-7-11(16)17/h4-5H,3,6-7H2,1-2H3,(H,16,17). The topological polar surface area (TPSA) is 68.0 Å². The second-order valence-corrected chi connectivity index (χ2v) is 5.96. The van der Waals surface area contributed by atoms with Crippen LogP contribution in [-0.2, 0) is 17.8 Å². The molecule has 0 bridgehead atoms. The second-order valence-electron chi connectivity index (χ2n) is 4.02. The van der Waals surface area contributed by atoms with E-state index >= 15 is 0 Å². The quantitative estimate of drug-likeness (QED) is 0.829. The highest BCUT2D eigenvalue weighted by Gasteiger charge is 2.13. The van der Waals surface area contributed by atoms with Crippen molar-refractivity contribution in [3.8, 4) is 0 Å². The molecule has 102 valence electrons. The number of aromatic nitrogens is 3. The van der Waals surface area contributed by atoms with E-state index in [9.17, 15) is 4.79 Å². The average molecular weight is 297 g/mol. The lowest BCUT2D eigenvalue weighted by atomic mass is 10.2. The molecule has 0 aliphatic heterocycles. The molecule has 0 fully saturated rings. The van der Waals surface area contributed by atoms with E-state index in [2.05, 4.69) is 28.6 Å². The van der Waals surface area contributed by atoms with Crippen LogP contribution < -0.4 is 0 Å². The number of hydrogen-bond donors (Lipinski definition) is 1. The number of hydrogen-bond acceptors (Lipinski definition) is 5. The van der Waals surface area contributed by atoms with Crippen molar-refractivity contribution in [2.45, 2.75) is 32.0 Å². The minimum Gasteiger partial charge on any atom is -0.481 e. The molecule has 0 saturated carbocycles. The number of thiophene rings is 1. The number of thioether (sulfide) groups is 1. The van der Waals surface area contributed by atoms with Gasteiger partial charge in [0.2, 0.25) is 0 Å². The first-order valence-corrected chi connectivity index (χ1v) is 7.78. The van der Waals surface area contributed by atoms with Crippen LogP contribution in [0, 0.1) is 6.92 Å². The molecule has 5 nitrogen and oxygen atoms in total. The fourth-order valence-corrected chi connectivity index (χ4v) is 3.41. The first-order valence-electron chi connectivity index (χ1n) is 5.91. The molecule has 0 aliphatic rings. The van der Waals surface area contributed by atoms with Crippen molar-refractivity contribution in [2.75, 3.05) is 5.75 Å². The Bertz CT molecular complexity index is 577. The van der Waals surface area contributed by atoms with E-state index in [1.807, 2.05) is 11.5 Å². The molecule has 0 radical (unpaired) electrons. The predicted octanol–water partition coefficient (Wildman–Crippen LogP) is 2.44. The molecule has 2 aromatic rings. The van der Waals surface area contributed by atoms with Crippen LogP contribution in [0.1, 0.15) is 23.2 Å². The van der Waals surface area contributed by atoms with Crippen LogP contribution in [-0.4, -0.2) is 31.6 Å². The summed E-state index contributed by atoms with van der Waals surface area (Å²) in [6, 6.07) is 2.13. The molecule has 0 aromatic carbocycles. The third kappa shape index (κ3) is 3.36. The molecule has 0 spiro atoms. The van der Waals surface area contributed by atoms with E-state index in [4.69, 9.17) is 5.11 Å². The largest absolute Gasteiger partial charge is 0.481 e. The van der Waals surface area contributed by atoms with Gasteiger partial charge in [-0.25, -0.2) is 0 Å². The predicted molar refractivity (Wildman–Crippen MR) is 75.9 cm³/mol. The molecular weight excluding hydrogens is 282 g/mol. The monoisotopic (exact) mass is 297 g/mol. The van der Waals surface area contributed by atoms with E-state index in [1.54, 1.807) is 11.3 Å². The van der Waals surface area contributed by atoms with Gasteiger partial charge in [-0.05, 0) is 30.4 Å². The Kier molecular flexibility index (Phi) is 4.60. The van der Waals surface area contributed by atoms with E-state index in [1.165, 1.54) is 22.2 Å². The van der Waals surface area contributed by atoms with E-state index in [0.717, 1.165) is 12.2 Å². The maximum atomic E-state index is 10.6. The van der Waals surface area contributed by atoms with Crippen LogP contribution in [0.4, 0.5) is 0 Å². The normalized spacial score (nSPS) is 10.8. The number of nitrogens with zero attached hydrogens (tertiary/aromatic N) is 3. The SMILES string of the molecule is CCc1ccsc1Cn1c(C)nnc1SCC(=O)O. The number of aliphatic carboxylic acids is 1. The lowest BCUT2D eigenvalue weighted by molar-refractivity contribution is -0.133. The minimum atomic E-state index is -0.845. The fourth-order valence-electron chi connectivity index (χ4n) is 1.74. The molecule has 1 N–H and O–H groups in total. The van der Waals surface area contributed by atoms with Gasteiger partial charge in [-0.15, -0.1) is 21.5 Å². The number of carboxylic acids is 1. The lowest BCUT2D eigenvalue weighted by Crippen LogP contribution is -2.06. The molecule has 0 aliphatic carbocycles. The Balaban J connectivity index is 2.19. The molecule has 7 heteroatoms. The molecule has 2 rings (SSSR count). The van der Waals surface area contributed by atoms with Crippen LogP contribution in [0.15, 0.2) is 16.6 Å². The number of carboxylic acid groups (broad SMARTS) is 1. The summed E-state index contributed by atoms with van der Waals surface area (Å²) in [6.07, 6.45) is 0.998. The lowest BCUT2D eigenvalue weighted by Gasteiger charge is -2.07. The summed E-state index contributed by atoms with van der Waals surface area (Å²) in [5.74, 6) is -0.0330. The molecule has 0 atom stereocenters. The van der Waals surface area contributed by atoms with Gasteiger partial charge in [-0.3, -0.25) is 4.79 Å². The van der Waals surface area contributed by atoms with Crippen molar-refractivity contribution < 1.29 is 9.90 Å². The summed E-state index contributed by atoms with van der Waals surface area (Å²) in [5, 5.41) is 19.6. The van der Waals surface area contributed by atoms with E-state index < -0.39 is 5.97 Å². The van der Waals surface area contributed by atoms with Gasteiger partial charge in [0, 0.05) is 4.88 Å². The highest BCUT2D eigenvalue weighted by molar-refractivity contribution is 7.99. The van der Waals surface area contributed by atoms with Crippen LogP contribution in [0.3, 0.4) is 0 Å². The van der Waals surface area contributed by atoms with Gasteiger partial charge in [0.1, 0.15) is 5.82 Å². The summed E-state index contributed by atoms with van der Waals surface area (Å²) >= 11 is 2.92. The third-order valence-electron chi connectivity index (χ3n) is 2.75. The third-order valence-corrected chi connectivity index (χ3v) is 4.65. The van der Waals surface area contributed by atoms with Gasteiger partial charge in [-0.2, -0.15) is 0 Å². The van der Waals surface area contributed by atoms with Crippen molar-refractivity contribution in [1.82, 2.24) is 14.8 Å². The number of carbonyl (C=O) groups is 1. The molecule has 2 aromatic heterocycles. The number of rotatable bonds is 6. The summed E-state index contributed by atoms with van der Waals surface area (Å²) in [5.41, 5.74) is 1.33. The highest BCUT2D eigenvalue weighted by atomic mass is 32.2. The Labute approximate surface area is 119 Å². The van der Waals surface area contributed by atoms with Crippen molar-refractivity contribution in [2.24, 2.45) is 0 Å². The summed E-state index contributed by atoms with van der Waals surface area (Å²) in [7, 11) is 0. The van der Waals surface area contributed by atoms with Crippen LogP contribution in [0.2, 0.25) is 0 Å². The first kappa shape index (κ1) is 14.1.